The van der Waals surface area contributed by atoms with Crippen molar-refractivity contribution in [3.05, 3.63) is 71.6 Å². The number of esters is 1. The zero-order valence-corrected chi connectivity index (χ0v) is 24.4. The molecule has 2 atom stereocenters. The fraction of sp³-hybridized carbons (Fsp3) is 0.406. The van der Waals surface area contributed by atoms with Crippen LogP contribution in [0.5, 0.6) is 0 Å². The summed E-state index contributed by atoms with van der Waals surface area (Å²) in [5, 5.41) is 2.02. The molecule has 2 N–H and O–H groups in total. The van der Waals surface area contributed by atoms with E-state index in [0.29, 0.717) is 25.3 Å². The molecule has 2 aromatic heterocycles. The van der Waals surface area contributed by atoms with Crippen LogP contribution in [-0.2, 0) is 32.4 Å². The molecule has 214 valence electrons. The van der Waals surface area contributed by atoms with Gasteiger partial charge < -0.3 is 14.3 Å². The second-order valence-corrected chi connectivity index (χ2v) is 13.3. The van der Waals surface area contributed by atoms with E-state index in [1.807, 2.05) is 43.5 Å². The number of H-pyrrole nitrogens is 1. The average Bonchev–Trinajstić information content (AvgIpc) is 3.55. The zero-order chi connectivity index (χ0) is 28.4. The minimum absolute atomic E-state index is 0.140. The number of carbonyl (C=O) groups excluding carboxylic acids is 1. The SMILES string of the molecule is CCOC(=O)C1=C[C@]2(CC)CCCN3CCc4c(n1c1ccc(S(=O)(=O)NCCc5c[nH]c6ccccc56)cc41)[C@@H]32. The number of ether oxygens (including phenoxy) is 1. The van der Waals surface area contributed by atoms with E-state index in [2.05, 4.69) is 32.2 Å². The third-order valence-electron chi connectivity index (χ3n) is 9.47. The van der Waals surface area contributed by atoms with Gasteiger partial charge in [0.2, 0.25) is 10.0 Å². The molecule has 0 amide bonds. The number of benzene rings is 2. The van der Waals surface area contributed by atoms with Crippen LogP contribution >= 0.6 is 0 Å². The lowest BCUT2D eigenvalue weighted by Crippen LogP contribution is -2.51. The Labute approximate surface area is 240 Å². The molecule has 3 aliphatic rings. The predicted octanol–water partition coefficient (Wildman–Crippen LogP) is 5.15. The molecule has 4 aromatic rings. The highest BCUT2D eigenvalue weighted by Gasteiger charge is 2.51. The molecule has 0 unspecified atom stereocenters. The highest BCUT2D eigenvalue weighted by molar-refractivity contribution is 7.89. The van der Waals surface area contributed by atoms with Crippen molar-refractivity contribution in [2.45, 2.75) is 56.9 Å². The maximum absolute atomic E-state index is 13.5. The van der Waals surface area contributed by atoms with Crippen LogP contribution in [0.4, 0.5) is 0 Å². The van der Waals surface area contributed by atoms with Crippen molar-refractivity contribution < 1.29 is 17.9 Å². The summed E-state index contributed by atoms with van der Waals surface area (Å²) in [6.45, 7) is 6.61. The van der Waals surface area contributed by atoms with Crippen molar-refractivity contribution in [2.24, 2.45) is 5.41 Å². The van der Waals surface area contributed by atoms with Crippen molar-refractivity contribution in [1.29, 1.82) is 0 Å². The Morgan fingerprint density at radius 1 is 1.15 bits per heavy atom. The van der Waals surface area contributed by atoms with E-state index in [4.69, 9.17) is 4.74 Å². The minimum Gasteiger partial charge on any atom is -0.461 e. The predicted molar refractivity (Wildman–Crippen MR) is 160 cm³/mol. The molecule has 1 fully saturated rings. The van der Waals surface area contributed by atoms with Gasteiger partial charge in [-0.3, -0.25) is 4.90 Å². The first-order valence-electron chi connectivity index (χ1n) is 14.7. The molecule has 0 radical (unpaired) electrons. The Morgan fingerprint density at radius 3 is 2.83 bits per heavy atom. The van der Waals surface area contributed by atoms with Crippen LogP contribution in [0.15, 0.2) is 59.6 Å². The first kappa shape index (κ1) is 26.5. The number of nitrogens with one attached hydrogen (secondary N) is 2. The maximum Gasteiger partial charge on any atom is 0.354 e. The maximum atomic E-state index is 13.5. The number of sulfonamides is 1. The van der Waals surface area contributed by atoms with Gasteiger partial charge in [-0.05, 0) is 87.0 Å². The molecule has 0 bridgehead atoms. The second-order valence-electron chi connectivity index (χ2n) is 11.5. The van der Waals surface area contributed by atoms with Crippen molar-refractivity contribution >= 4 is 43.5 Å². The van der Waals surface area contributed by atoms with Crippen molar-refractivity contribution in [3.8, 4) is 0 Å². The quantitative estimate of drug-likeness (QED) is 0.285. The van der Waals surface area contributed by atoms with Gasteiger partial charge in [-0.15, -0.1) is 0 Å². The topological polar surface area (TPSA) is 96.4 Å². The number of fused-ring (bicyclic) bond motifs is 4. The number of aromatic nitrogens is 2. The first-order chi connectivity index (χ1) is 19.9. The van der Waals surface area contributed by atoms with Gasteiger partial charge in [-0.25, -0.2) is 17.9 Å². The van der Waals surface area contributed by atoms with Crippen molar-refractivity contribution in [1.82, 2.24) is 19.2 Å². The summed E-state index contributed by atoms with van der Waals surface area (Å²) >= 11 is 0. The molecule has 0 spiro atoms. The molecule has 41 heavy (non-hydrogen) atoms. The van der Waals surface area contributed by atoms with E-state index in [9.17, 15) is 13.2 Å². The third-order valence-corrected chi connectivity index (χ3v) is 10.9. The van der Waals surface area contributed by atoms with Crippen LogP contribution in [0.1, 0.15) is 56.0 Å². The van der Waals surface area contributed by atoms with E-state index in [0.717, 1.165) is 77.4 Å². The van der Waals surface area contributed by atoms with E-state index in [-0.39, 0.29) is 22.3 Å². The van der Waals surface area contributed by atoms with Gasteiger partial charge in [0.15, 0.2) is 0 Å². The summed E-state index contributed by atoms with van der Waals surface area (Å²) in [6.07, 6.45) is 8.57. The van der Waals surface area contributed by atoms with Crippen LogP contribution in [0.25, 0.3) is 27.5 Å². The third kappa shape index (κ3) is 4.08. The van der Waals surface area contributed by atoms with Gasteiger partial charge in [0.1, 0.15) is 5.70 Å². The van der Waals surface area contributed by atoms with Crippen LogP contribution in [0.2, 0.25) is 0 Å². The second kappa shape index (κ2) is 9.86. The van der Waals surface area contributed by atoms with E-state index in [1.54, 1.807) is 12.1 Å². The summed E-state index contributed by atoms with van der Waals surface area (Å²) in [5.41, 5.74) is 5.71. The van der Waals surface area contributed by atoms with Gasteiger partial charge >= 0.3 is 5.97 Å². The molecular formula is C32H36N4O4S. The van der Waals surface area contributed by atoms with Crippen molar-refractivity contribution in [3.63, 3.8) is 0 Å². The van der Waals surface area contributed by atoms with Crippen molar-refractivity contribution in [2.75, 3.05) is 26.2 Å². The number of hydrogen-bond donors (Lipinski definition) is 2. The highest BCUT2D eigenvalue weighted by Crippen LogP contribution is 2.57. The molecule has 8 nitrogen and oxygen atoms in total. The summed E-state index contributed by atoms with van der Waals surface area (Å²) in [4.78, 5) is 19.4. The summed E-state index contributed by atoms with van der Waals surface area (Å²) in [7, 11) is -3.74. The molecule has 7 rings (SSSR count). The summed E-state index contributed by atoms with van der Waals surface area (Å²) < 4.78 is 37.4. The van der Waals surface area contributed by atoms with Crippen LogP contribution in [0.3, 0.4) is 0 Å². The van der Waals surface area contributed by atoms with E-state index < -0.39 is 10.0 Å². The standard InChI is InChI=1S/C32H36N4O4S/c1-3-32-14-7-16-35-17-13-24-25-18-22(41(38,39)34-15-12-21-20-33-26-9-6-5-8-23(21)26)10-11-27(25)36(29(24)30(32)35)28(19-32)31(37)40-4-2/h5-6,8-11,18-20,30,33-34H,3-4,7,12-17H2,1-2H3/t30-,32+/m1/s1. The average molecular weight is 573 g/mol. The van der Waals surface area contributed by atoms with Crippen LogP contribution in [-0.4, -0.2) is 55.1 Å². The molecule has 0 aliphatic carbocycles. The Balaban J connectivity index is 1.27. The van der Waals surface area contributed by atoms with Crippen LogP contribution < -0.4 is 4.72 Å². The largest absolute Gasteiger partial charge is 0.461 e. The molecule has 5 heterocycles. The summed E-state index contributed by atoms with van der Waals surface area (Å²) in [5.74, 6) is -0.322. The molecule has 2 aromatic carbocycles. The molecule has 9 heteroatoms. The Bertz CT molecular complexity index is 1820. The number of para-hydroxylation sites is 1. The van der Waals surface area contributed by atoms with Gasteiger partial charge in [0, 0.05) is 46.7 Å². The van der Waals surface area contributed by atoms with Crippen LogP contribution in [0, 0.1) is 5.41 Å². The lowest BCUT2D eigenvalue weighted by Gasteiger charge is -2.53. The minimum atomic E-state index is -3.74. The monoisotopic (exact) mass is 572 g/mol. The molecule has 0 saturated carbocycles. The van der Waals surface area contributed by atoms with E-state index in [1.165, 1.54) is 0 Å². The number of piperidine rings is 1. The number of aromatic amines is 1. The number of nitrogens with zero attached hydrogens (tertiary/aromatic N) is 2. The smallest absolute Gasteiger partial charge is 0.354 e. The number of rotatable bonds is 8. The Kier molecular flexibility index (Phi) is 6.37. The van der Waals surface area contributed by atoms with Gasteiger partial charge in [-0.2, -0.15) is 0 Å². The zero-order valence-electron chi connectivity index (χ0n) is 23.6. The fourth-order valence-electron chi connectivity index (χ4n) is 7.57. The first-order valence-corrected chi connectivity index (χ1v) is 16.2. The number of hydrogen-bond acceptors (Lipinski definition) is 5. The lowest BCUT2D eigenvalue weighted by atomic mass is 9.66. The normalized spacial score (nSPS) is 22.1. The molecule has 1 saturated heterocycles. The Hall–Kier alpha value is -3.40. The van der Waals surface area contributed by atoms with Gasteiger partial charge in [-0.1, -0.05) is 25.1 Å². The molecular weight excluding hydrogens is 536 g/mol. The number of carbonyl (C=O) groups is 1. The van der Waals surface area contributed by atoms with Gasteiger partial charge in [0.05, 0.1) is 23.1 Å². The lowest BCUT2D eigenvalue weighted by molar-refractivity contribution is -0.136. The highest BCUT2D eigenvalue weighted by atomic mass is 32.2. The Morgan fingerprint density at radius 2 is 2.00 bits per heavy atom. The molecule has 3 aliphatic heterocycles. The fourth-order valence-corrected chi connectivity index (χ4v) is 8.63. The summed E-state index contributed by atoms with van der Waals surface area (Å²) in [6, 6.07) is 13.5. The van der Waals surface area contributed by atoms with Gasteiger partial charge in [0.25, 0.3) is 0 Å². The van der Waals surface area contributed by atoms with E-state index >= 15 is 0 Å².